The van der Waals surface area contributed by atoms with E-state index in [0.717, 1.165) is 17.7 Å². The molecule has 1 aliphatic rings. The van der Waals surface area contributed by atoms with Gasteiger partial charge in [0.1, 0.15) is 0 Å². The Bertz CT molecular complexity index is 1290. The van der Waals surface area contributed by atoms with E-state index in [1.54, 1.807) is 37.6 Å². The normalized spacial score (nSPS) is 14.3. The first-order valence-electron chi connectivity index (χ1n) is 9.45. The maximum absolute atomic E-state index is 13.5. The summed E-state index contributed by atoms with van der Waals surface area (Å²) in [7, 11) is 1.56. The molecule has 0 fully saturated rings. The van der Waals surface area contributed by atoms with Gasteiger partial charge in [0, 0.05) is 37.0 Å². The van der Waals surface area contributed by atoms with Crippen molar-refractivity contribution in [2.24, 2.45) is 0 Å². The first-order valence-corrected chi connectivity index (χ1v) is 9.45. The number of carbonyl (C=O) groups is 2. The number of hydrogen-bond acceptors (Lipinski definition) is 3. The summed E-state index contributed by atoms with van der Waals surface area (Å²) in [5, 5.41) is 0. The summed E-state index contributed by atoms with van der Waals surface area (Å²) in [6.45, 7) is 0. The maximum Gasteiger partial charge on any atom is 0.262 e. The van der Waals surface area contributed by atoms with E-state index < -0.39 is 23.3 Å². The highest BCUT2D eigenvalue weighted by Crippen LogP contribution is 2.31. The quantitative estimate of drug-likeness (QED) is 0.359. The highest BCUT2D eigenvalue weighted by atomic mass is 19.2. The summed E-state index contributed by atoms with van der Waals surface area (Å²) in [4.78, 5) is 31.1. The SMILES string of the molecule is CN1C(=O)C(=Cc2ccc(F)c(F)c2)C(=O)c2cc(C#CCc3ccncc3)ccc21. The molecule has 152 valence electrons. The van der Waals surface area contributed by atoms with Gasteiger partial charge in [-0.1, -0.05) is 17.9 Å². The molecule has 0 unspecified atom stereocenters. The van der Waals surface area contributed by atoms with Crippen LogP contribution >= 0.6 is 0 Å². The summed E-state index contributed by atoms with van der Waals surface area (Å²) >= 11 is 0. The standard InChI is InChI=1S/C25H16F2N2O2/c1-29-23-8-6-17(4-2-3-16-9-11-28-12-10-16)13-19(23)24(30)20(25(29)31)14-18-5-7-21(26)22(27)15-18/h5-15H,3H2,1H3. The van der Waals surface area contributed by atoms with Gasteiger partial charge in [0.25, 0.3) is 5.91 Å². The fraction of sp³-hybridized carbons (Fsp3) is 0.0800. The third-order valence-corrected chi connectivity index (χ3v) is 4.91. The van der Waals surface area contributed by atoms with Gasteiger partial charge in [-0.2, -0.15) is 0 Å². The van der Waals surface area contributed by atoms with Crippen LogP contribution in [0, 0.1) is 23.5 Å². The number of Topliss-reactive ketones (excluding diaryl/α,β-unsaturated/α-hetero) is 1. The Morgan fingerprint density at radius 3 is 2.52 bits per heavy atom. The van der Waals surface area contributed by atoms with Crippen molar-refractivity contribution in [2.75, 3.05) is 11.9 Å². The van der Waals surface area contributed by atoms with Crippen LogP contribution in [0.25, 0.3) is 6.08 Å². The molecule has 0 saturated heterocycles. The van der Waals surface area contributed by atoms with Crippen molar-refractivity contribution >= 4 is 23.5 Å². The topological polar surface area (TPSA) is 50.3 Å². The molecule has 1 aliphatic heterocycles. The van der Waals surface area contributed by atoms with E-state index in [1.807, 2.05) is 12.1 Å². The van der Waals surface area contributed by atoms with E-state index in [2.05, 4.69) is 16.8 Å². The molecule has 0 spiro atoms. The summed E-state index contributed by atoms with van der Waals surface area (Å²) in [5.74, 6) is 3.04. The van der Waals surface area contributed by atoms with Crippen LogP contribution in [0.5, 0.6) is 0 Å². The summed E-state index contributed by atoms with van der Waals surface area (Å²) in [6.07, 6.45) is 5.20. The Morgan fingerprint density at radius 1 is 1.00 bits per heavy atom. The Balaban J connectivity index is 1.67. The predicted octanol–water partition coefficient (Wildman–Crippen LogP) is 4.20. The molecule has 6 heteroatoms. The van der Waals surface area contributed by atoms with Gasteiger partial charge in [0.15, 0.2) is 11.6 Å². The molecule has 0 aliphatic carbocycles. The van der Waals surface area contributed by atoms with E-state index in [0.29, 0.717) is 23.2 Å². The van der Waals surface area contributed by atoms with Crippen LogP contribution in [-0.2, 0) is 11.2 Å². The number of amides is 1. The van der Waals surface area contributed by atoms with Crippen LogP contribution in [0.4, 0.5) is 14.5 Å². The first kappa shape index (κ1) is 20.2. The average Bonchev–Trinajstić information content (AvgIpc) is 2.78. The molecule has 3 aromatic rings. The molecule has 0 N–H and O–H groups in total. The van der Waals surface area contributed by atoms with Gasteiger partial charge < -0.3 is 4.90 Å². The minimum absolute atomic E-state index is 0.122. The number of ketones is 1. The molecule has 1 amide bonds. The molecule has 0 radical (unpaired) electrons. The molecular formula is C25H16F2N2O2. The van der Waals surface area contributed by atoms with Crippen LogP contribution < -0.4 is 4.90 Å². The van der Waals surface area contributed by atoms with Gasteiger partial charge in [0.05, 0.1) is 11.3 Å². The highest BCUT2D eigenvalue weighted by Gasteiger charge is 2.32. The molecule has 4 nitrogen and oxygen atoms in total. The van der Waals surface area contributed by atoms with Crippen molar-refractivity contribution in [1.29, 1.82) is 0 Å². The number of pyridine rings is 1. The third-order valence-electron chi connectivity index (χ3n) is 4.91. The van der Waals surface area contributed by atoms with Gasteiger partial charge in [-0.05, 0) is 59.7 Å². The number of nitrogens with zero attached hydrogens (tertiary/aromatic N) is 2. The van der Waals surface area contributed by atoms with Crippen molar-refractivity contribution in [3.63, 3.8) is 0 Å². The minimum Gasteiger partial charge on any atom is -0.311 e. The molecular weight excluding hydrogens is 398 g/mol. The highest BCUT2D eigenvalue weighted by molar-refractivity contribution is 6.36. The van der Waals surface area contributed by atoms with Crippen LogP contribution in [0.1, 0.15) is 27.0 Å². The number of fused-ring (bicyclic) bond motifs is 1. The fourth-order valence-corrected chi connectivity index (χ4v) is 3.27. The Kier molecular flexibility index (Phi) is 5.42. The molecule has 4 rings (SSSR count). The summed E-state index contributed by atoms with van der Waals surface area (Å²) in [5.41, 5.74) is 2.56. The molecule has 0 atom stereocenters. The monoisotopic (exact) mass is 414 g/mol. The fourth-order valence-electron chi connectivity index (χ4n) is 3.27. The lowest BCUT2D eigenvalue weighted by atomic mass is 9.92. The Morgan fingerprint density at radius 2 is 1.77 bits per heavy atom. The zero-order chi connectivity index (χ0) is 22.0. The number of anilines is 1. The molecule has 31 heavy (non-hydrogen) atoms. The molecule has 0 saturated carbocycles. The lowest BCUT2D eigenvalue weighted by Gasteiger charge is -2.26. The zero-order valence-corrected chi connectivity index (χ0v) is 16.5. The van der Waals surface area contributed by atoms with E-state index in [9.17, 15) is 18.4 Å². The summed E-state index contributed by atoms with van der Waals surface area (Å²) in [6, 6.07) is 12.0. The second-order valence-corrected chi connectivity index (χ2v) is 6.99. The van der Waals surface area contributed by atoms with E-state index in [1.165, 1.54) is 17.0 Å². The van der Waals surface area contributed by atoms with Crippen LogP contribution in [-0.4, -0.2) is 23.7 Å². The Labute approximate surface area is 177 Å². The number of benzene rings is 2. The number of halogens is 2. The maximum atomic E-state index is 13.5. The number of rotatable bonds is 2. The van der Waals surface area contributed by atoms with Crippen molar-refractivity contribution < 1.29 is 18.4 Å². The van der Waals surface area contributed by atoms with Gasteiger partial charge in [-0.15, -0.1) is 0 Å². The van der Waals surface area contributed by atoms with Crippen molar-refractivity contribution in [1.82, 2.24) is 4.98 Å². The zero-order valence-electron chi connectivity index (χ0n) is 16.5. The lowest BCUT2D eigenvalue weighted by Crippen LogP contribution is -2.36. The minimum atomic E-state index is -1.05. The van der Waals surface area contributed by atoms with E-state index in [-0.39, 0.29) is 11.1 Å². The smallest absolute Gasteiger partial charge is 0.262 e. The van der Waals surface area contributed by atoms with Crippen molar-refractivity contribution in [3.05, 3.63) is 100 Å². The average molecular weight is 414 g/mol. The molecule has 1 aromatic heterocycles. The lowest BCUT2D eigenvalue weighted by molar-refractivity contribution is -0.114. The molecule has 0 bridgehead atoms. The summed E-state index contributed by atoms with van der Waals surface area (Å²) < 4.78 is 26.7. The second-order valence-electron chi connectivity index (χ2n) is 6.99. The Hall–Kier alpha value is -4.11. The van der Waals surface area contributed by atoms with Crippen LogP contribution in [0.3, 0.4) is 0 Å². The predicted molar refractivity (Wildman–Crippen MR) is 113 cm³/mol. The number of carbonyl (C=O) groups excluding carboxylic acids is 2. The third kappa shape index (κ3) is 4.12. The van der Waals surface area contributed by atoms with E-state index in [4.69, 9.17) is 0 Å². The number of hydrogen-bond donors (Lipinski definition) is 0. The van der Waals surface area contributed by atoms with Gasteiger partial charge in [0.2, 0.25) is 5.78 Å². The van der Waals surface area contributed by atoms with Gasteiger partial charge in [-0.25, -0.2) is 8.78 Å². The van der Waals surface area contributed by atoms with Crippen molar-refractivity contribution in [3.8, 4) is 11.8 Å². The number of aromatic nitrogens is 1. The largest absolute Gasteiger partial charge is 0.311 e. The molecule has 2 aromatic carbocycles. The van der Waals surface area contributed by atoms with Gasteiger partial charge in [-0.3, -0.25) is 14.6 Å². The first-order chi connectivity index (χ1) is 14.9. The van der Waals surface area contributed by atoms with E-state index >= 15 is 0 Å². The van der Waals surface area contributed by atoms with Crippen LogP contribution in [0.15, 0.2) is 66.5 Å². The second kappa shape index (κ2) is 8.33. The molecule has 2 heterocycles. The number of likely N-dealkylation sites (N-methyl/N-ethyl adjacent to an activating group) is 1. The van der Waals surface area contributed by atoms with Crippen molar-refractivity contribution in [2.45, 2.75) is 6.42 Å². The van der Waals surface area contributed by atoms with Crippen LogP contribution in [0.2, 0.25) is 0 Å². The van der Waals surface area contributed by atoms with Gasteiger partial charge >= 0.3 is 0 Å².